The Morgan fingerprint density at radius 2 is 1.47 bits per heavy atom. The standard InChI is InChI=1S/C36H48N4O7/c1-3-47-27-19-17-26(18-20-27)22-29-34(44)39-30(23-25-12-6-4-7-13-25)36(46)40-21-11-10-15-31(40)35(45)37-28(33(43)38-29)14-8-5-9-16-32(42)24(2)41/h4,6-7,12-13,17-20,24,28-31,41H,3,5,8-11,14-16,21-23H2,1-2H3,(H,37,45)(H,38,43)(H,39,44)/t24-,28+,29+,30+,31-/m1/s1. The highest BCUT2D eigenvalue weighted by Crippen LogP contribution is 2.21. The SMILES string of the molecule is CCOc1ccc(C[C@@H]2NC(=O)[C@H](CCCCCC(=O)[C@@H](C)O)NC(=O)[C@H]3CCCCN3C(=O)[C@H](Cc3ccccc3)NC2=O)cc1. The number of benzene rings is 2. The van der Waals surface area contributed by atoms with E-state index in [9.17, 15) is 29.1 Å². The lowest BCUT2D eigenvalue weighted by molar-refractivity contribution is -0.146. The molecule has 4 amide bonds. The van der Waals surface area contributed by atoms with E-state index in [4.69, 9.17) is 4.74 Å². The molecule has 47 heavy (non-hydrogen) atoms. The van der Waals surface area contributed by atoms with Crippen molar-refractivity contribution in [3.8, 4) is 5.75 Å². The molecule has 2 saturated heterocycles. The molecule has 2 aromatic carbocycles. The number of amides is 4. The first-order valence-corrected chi connectivity index (χ1v) is 16.8. The number of rotatable bonds is 13. The molecule has 0 aliphatic carbocycles. The van der Waals surface area contributed by atoms with Crippen LogP contribution in [0.5, 0.6) is 5.75 Å². The summed E-state index contributed by atoms with van der Waals surface area (Å²) in [5.74, 6) is -1.25. The Morgan fingerprint density at radius 3 is 2.17 bits per heavy atom. The van der Waals surface area contributed by atoms with E-state index < -0.39 is 48.0 Å². The zero-order valence-electron chi connectivity index (χ0n) is 27.4. The number of aliphatic hydroxyl groups is 1. The fourth-order valence-corrected chi connectivity index (χ4v) is 6.17. The zero-order chi connectivity index (χ0) is 33.8. The molecule has 11 heteroatoms. The second-order valence-electron chi connectivity index (χ2n) is 12.4. The smallest absolute Gasteiger partial charge is 0.246 e. The van der Waals surface area contributed by atoms with E-state index >= 15 is 0 Å². The number of nitrogens with zero attached hydrogens (tertiary/aromatic N) is 1. The van der Waals surface area contributed by atoms with Gasteiger partial charge in [-0.15, -0.1) is 0 Å². The van der Waals surface area contributed by atoms with Crippen molar-refractivity contribution in [2.75, 3.05) is 13.2 Å². The van der Waals surface area contributed by atoms with E-state index in [1.165, 1.54) is 6.92 Å². The summed E-state index contributed by atoms with van der Waals surface area (Å²) in [5.41, 5.74) is 1.64. The fraction of sp³-hybridized carbons (Fsp3) is 0.528. The third-order valence-corrected chi connectivity index (χ3v) is 8.81. The Balaban J connectivity index is 1.61. The summed E-state index contributed by atoms with van der Waals surface area (Å²) in [7, 11) is 0. The highest BCUT2D eigenvalue weighted by Gasteiger charge is 2.39. The summed E-state index contributed by atoms with van der Waals surface area (Å²) in [6.07, 6.45) is 3.54. The average molecular weight is 649 g/mol. The minimum Gasteiger partial charge on any atom is -0.494 e. The van der Waals surface area contributed by atoms with E-state index in [0.717, 1.165) is 24.0 Å². The molecule has 0 saturated carbocycles. The molecule has 2 aromatic rings. The van der Waals surface area contributed by atoms with Gasteiger partial charge in [0, 0.05) is 25.8 Å². The monoisotopic (exact) mass is 648 g/mol. The number of hydrogen-bond acceptors (Lipinski definition) is 7. The first-order chi connectivity index (χ1) is 22.7. The van der Waals surface area contributed by atoms with Gasteiger partial charge >= 0.3 is 0 Å². The lowest BCUT2D eigenvalue weighted by atomic mass is 9.96. The number of unbranched alkanes of at least 4 members (excludes halogenated alkanes) is 2. The number of hydrogen-bond donors (Lipinski definition) is 4. The molecule has 2 aliphatic rings. The van der Waals surface area contributed by atoms with E-state index in [0.29, 0.717) is 44.6 Å². The summed E-state index contributed by atoms with van der Waals surface area (Å²) in [4.78, 5) is 69.1. The second-order valence-corrected chi connectivity index (χ2v) is 12.4. The maximum atomic E-state index is 14.1. The Bertz CT molecular complexity index is 1370. The molecule has 11 nitrogen and oxygen atoms in total. The summed E-state index contributed by atoms with van der Waals surface area (Å²) in [6, 6.07) is 13.0. The van der Waals surface area contributed by atoms with Gasteiger partial charge in [0.1, 0.15) is 36.0 Å². The highest BCUT2D eigenvalue weighted by atomic mass is 16.5. The van der Waals surface area contributed by atoms with E-state index in [2.05, 4.69) is 16.0 Å². The molecular formula is C36H48N4O7. The van der Waals surface area contributed by atoms with Crippen LogP contribution in [0.4, 0.5) is 0 Å². The van der Waals surface area contributed by atoms with E-state index in [-0.39, 0.29) is 37.4 Å². The van der Waals surface area contributed by atoms with Gasteiger partial charge in [-0.1, -0.05) is 55.3 Å². The quantitative estimate of drug-likeness (QED) is 0.244. The lowest BCUT2D eigenvalue weighted by Gasteiger charge is -2.38. The molecule has 0 aromatic heterocycles. The number of carbonyl (C=O) groups is 5. The van der Waals surface area contributed by atoms with Crippen LogP contribution in [0.15, 0.2) is 54.6 Å². The summed E-state index contributed by atoms with van der Waals surface area (Å²) in [5, 5.41) is 18.2. The van der Waals surface area contributed by atoms with Gasteiger partial charge in [-0.3, -0.25) is 24.0 Å². The number of fused-ring (bicyclic) bond motifs is 1. The molecule has 0 spiro atoms. The normalized spacial score (nSPS) is 22.9. The number of nitrogens with one attached hydrogen (secondary N) is 3. The molecule has 254 valence electrons. The largest absolute Gasteiger partial charge is 0.494 e. The molecule has 4 rings (SSSR count). The van der Waals surface area contributed by atoms with Crippen LogP contribution in [-0.2, 0) is 36.8 Å². The lowest BCUT2D eigenvalue weighted by Crippen LogP contribution is -2.63. The fourth-order valence-electron chi connectivity index (χ4n) is 6.17. The second kappa shape index (κ2) is 17.6. The maximum absolute atomic E-state index is 14.1. The molecule has 5 atom stereocenters. The number of aliphatic hydroxyl groups excluding tert-OH is 1. The molecule has 4 N–H and O–H groups in total. The van der Waals surface area contributed by atoms with Gasteiger partial charge < -0.3 is 30.7 Å². The molecule has 2 fully saturated rings. The van der Waals surface area contributed by atoms with Crippen LogP contribution < -0.4 is 20.7 Å². The zero-order valence-corrected chi connectivity index (χ0v) is 27.4. The molecule has 2 aliphatic heterocycles. The number of carbonyl (C=O) groups excluding carboxylic acids is 5. The average Bonchev–Trinajstić information content (AvgIpc) is 3.07. The van der Waals surface area contributed by atoms with Gasteiger partial charge in [-0.2, -0.15) is 0 Å². The van der Waals surface area contributed by atoms with Crippen LogP contribution in [0.25, 0.3) is 0 Å². The molecule has 0 bridgehead atoms. The molecular weight excluding hydrogens is 600 g/mol. The summed E-state index contributed by atoms with van der Waals surface area (Å²) < 4.78 is 5.55. The Kier molecular flexibility index (Phi) is 13.3. The van der Waals surface area contributed by atoms with Crippen molar-refractivity contribution in [3.63, 3.8) is 0 Å². The van der Waals surface area contributed by atoms with E-state index in [1.807, 2.05) is 49.4 Å². The van der Waals surface area contributed by atoms with Gasteiger partial charge in [0.05, 0.1) is 6.61 Å². The van der Waals surface area contributed by atoms with Crippen LogP contribution in [0.3, 0.4) is 0 Å². The third kappa shape index (κ3) is 10.4. The van der Waals surface area contributed by atoms with Crippen LogP contribution in [0, 0.1) is 0 Å². The summed E-state index contributed by atoms with van der Waals surface area (Å²) >= 11 is 0. The van der Waals surface area contributed by atoms with Crippen LogP contribution >= 0.6 is 0 Å². The van der Waals surface area contributed by atoms with Crippen molar-refractivity contribution in [3.05, 3.63) is 65.7 Å². The number of ether oxygens (including phenoxy) is 1. The van der Waals surface area contributed by atoms with E-state index in [1.54, 1.807) is 17.0 Å². The predicted octanol–water partition coefficient (Wildman–Crippen LogP) is 2.62. The van der Waals surface area contributed by atoms with Crippen molar-refractivity contribution in [2.24, 2.45) is 0 Å². The van der Waals surface area contributed by atoms with Gasteiger partial charge in [0.2, 0.25) is 23.6 Å². The van der Waals surface area contributed by atoms with Gasteiger partial charge in [0.15, 0.2) is 5.78 Å². The first kappa shape index (κ1) is 35.6. The van der Waals surface area contributed by atoms with Crippen molar-refractivity contribution in [2.45, 2.75) is 108 Å². The van der Waals surface area contributed by atoms with Gasteiger partial charge in [-0.05, 0) is 69.2 Å². The summed E-state index contributed by atoms with van der Waals surface area (Å²) in [6.45, 7) is 4.22. The van der Waals surface area contributed by atoms with Crippen molar-refractivity contribution in [1.82, 2.24) is 20.9 Å². The molecule has 2 heterocycles. The Morgan fingerprint density at radius 1 is 0.830 bits per heavy atom. The van der Waals surface area contributed by atoms with Crippen LogP contribution in [-0.4, -0.2) is 82.8 Å². The maximum Gasteiger partial charge on any atom is 0.246 e. The minimum absolute atomic E-state index is 0.157. The predicted molar refractivity (Wildman–Crippen MR) is 176 cm³/mol. The van der Waals surface area contributed by atoms with Crippen molar-refractivity contribution < 1.29 is 33.8 Å². The highest BCUT2D eigenvalue weighted by molar-refractivity contribution is 5.97. The first-order valence-electron chi connectivity index (χ1n) is 16.8. The van der Waals surface area contributed by atoms with Gasteiger partial charge in [-0.25, -0.2) is 0 Å². The van der Waals surface area contributed by atoms with Gasteiger partial charge in [0.25, 0.3) is 0 Å². The van der Waals surface area contributed by atoms with Crippen LogP contribution in [0.2, 0.25) is 0 Å². The minimum atomic E-state index is -1.02. The Labute approximate surface area is 276 Å². The Hall–Kier alpha value is -4.25. The van der Waals surface area contributed by atoms with Crippen molar-refractivity contribution in [1.29, 1.82) is 0 Å². The van der Waals surface area contributed by atoms with Crippen molar-refractivity contribution >= 4 is 29.4 Å². The number of Topliss-reactive ketones (excluding diaryl/α,β-unsaturated/α-hetero) is 1. The number of piperidine rings is 1. The van der Waals surface area contributed by atoms with Crippen LogP contribution in [0.1, 0.15) is 76.3 Å². The topological polar surface area (TPSA) is 154 Å². The third-order valence-electron chi connectivity index (χ3n) is 8.81. The molecule has 0 unspecified atom stereocenters. The number of ketones is 1. The molecule has 0 radical (unpaired) electrons.